The molecule has 0 unspecified atom stereocenters. The van der Waals surface area contributed by atoms with E-state index in [1.54, 1.807) is 6.07 Å². The Kier molecular flexibility index (Phi) is 5.94. The lowest BCUT2D eigenvalue weighted by molar-refractivity contribution is -0.154. The van der Waals surface area contributed by atoms with Crippen molar-refractivity contribution >= 4 is 17.6 Å². The van der Waals surface area contributed by atoms with E-state index in [9.17, 15) is 22.8 Å². The molecule has 4 rings (SSSR count). The highest BCUT2D eigenvalue weighted by Crippen LogP contribution is 2.29. The van der Waals surface area contributed by atoms with Crippen molar-refractivity contribution in [3.05, 3.63) is 59.1 Å². The molecule has 10 nitrogen and oxygen atoms in total. The van der Waals surface area contributed by atoms with Crippen LogP contribution in [0.5, 0.6) is 5.88 Å². The summed E-state index contributed by atoms with van der Waals surface area (Å²) in [7, 11) is 0. The van der Waals surface area contributed by atoms with Gasteiger partial charge in [-0.25, -0.2) is 9.97 Å². The molecule has 0 atom stereocenters. The molecule has 3 aromatic rings. The Labute approximate surface area is 184 Å². The quantitative estimate of drug-likeness (QED) is 0.568. The number of amides is 2. The van der Waals surface area contributed by atoms with Gasteiger partial charge in [-0.2, -0.15) is 13.2 Å². The van der Waals surface area contributed by atoms with Crippen molar-refractivity contribution in [1.29, 1.82) is 0 Å². The number of hydrogen-bond donors (Lipinski definition) is 1. The number of oxazole rings is 1. The molecule has 1 N–H and O–H groups in total. The van der Waals surface area contributed by atoms with Crippen LogP contribution in [-0.4, -0.2) is 49.7 Å². The molecule has 1 aliphatic heterocycles. The van der Waals surface area contributed by atoms with E-state index in [4.69, 9.17) is 4.42 Å². The van der Waals surface area contributed by atoms with Crippen LogP contribution in [0.25, 0.3) is 0 Å². The number of anilines is 1. The number of aromatic nitrogens is 4. The maximum Gasteiger partial charge on any atom is 0.422 e. The van der Waals surface area contributed by atoms with E-state index in [1.165, 1.54) is 36.7 Å². The van der Waals surface area contributed by atoms with Crippen molar-refractivity contribution < 1.29 is 31.9 Å². The molecule has 4 heterocycles. The zero-order chi connectivity index (χ0) is 23.6. The lowest BCUT2D eigenvalue weighted by Crippen LogP contribution is -2.24. The number of rotatable bonds is 7. The van der Waals surface area contributed by atoms with Gasteiger partial charge < -0.3 is 19.4 Å². The third kappa shape index (κ3) is 5.25. The molecule has 13 heteroatoms. The Morgan fingerprint density at radius 3 is 2.79 bits per heavy atom. The lowest BCUT2D eigenvalue weighted by Gasteiger charge is -2.16. The second kappa shape index (κ2) is 8.84. The van der Waals surface area contributed by atoms with Crippen LogP contribution in [0, 0.1) is 6.92 Å². The number of alkyl halides is 3. The molecule has 1 aliphatic rings. The summed E-state index contributed by atoms with van der Waals surface area (Å²) in [6.45, 7) is 0.290. The minimum Gasteiger partial charge on any atom is -0.467 e. The van der Waals surface area contributed by atoms with Crippen molar-refractivity contribution in [2.45, 2.75) is 32.6 Å². The molecule has 0 aliphatic carbocycles. The molecule has 0 aromatic carbocycles. The molecule has 0 saturated carbocycles. The van der Waals surface area contributed by atoms with Crippen LogP contribution in [0.3, 0.4) is 0 Å². The largest absolute Gasteiger partial charge is 0.467 e. The van der Waals surface area contributed by atoms with Gasteiger partial charge in [0, 0.05) is 22.9 Å². The van der Waals surface area contributed by atoms with Crippen molar-refractivity contribution in [2.24, 2.45) is 0 Å². The van der Waals surface area contributed by atoms with Gasteiger partial charge in [-0.15, -0.1) is 10.2 Å². The summed E-state index contributed by atoms with van der Waals surface area (Å²) in [5, 5.41) is 10.3. The number of carbonyl (C=O) groups excluding carboxylic acids is 2. The summed E-state index contributed by atoms with van der Waals surface area (Å²) < 4.78 is 46.5. The topological polar surface area (TPSA) is 123 Å². The molecule has 172 valence electrons. The van der Waals surface area contributed by atoms with E-state index in [0.29, 0.717) is 28.1 Å². The predicted octanol–water partition coefficient (Wildman–Crippen LogP) is 2.45. The van der Waals surface area contributed by atoms with Crippen molar-refractivity contribution in [2.75, 3.05) is 11.9 Å². The second-order valence-corrected chi connectivity index (χ2v) is 7.28. The van der Waals surface area contributed by atoms with Gasteiger partial charge in [0.1, 0.15) is 12.1 Å². The number of pyridine rings is 1. The number of hydrogen-bond acceptors (Lipinski definition) is 8. The summed E-state index contributed by atoms with van der Waals surface area (Å²) in [6, 6.07) is 3.06. The van der Waals surface area contributed by atoms with E-state index in [1.807, 2.05) is 0 Å². The molecular weight excluding hydrogens is 445 g/mol. The first-order valence-electron chi connectivity index (χ1n) is 9.66. The summed E-state index contributed by atoms with van der Waals surface area (Å²) in [4.78, 5) is 34.6. The summed E-state index contributed by atoms with van der Waals surface area (Å²) in [5.41, 5.74) is 2.12. The summed E-state index contributed by atoms with van der Waals surface area (Å²) in [5.74, 6) is -0.633. The van der Waals surface area contributed by atoms with Crippen molar-refractivity contribution in [1.82, 2.24) is 25.1 Å². The Bertz CT molecular complexity index is 1180. The fraction of sp³-hybridized carbons (Fsp3) is 0.300. The van der Waals surface area contributed by atoms with E-state index >= 15 is 0 Å². The van der Waals surface area contributed by atoms with Crippen molar-refractivity contribution in [3.8, 4) is 5.88 Å². The molecule has 0 saturated heterocycles. The zero-order valence-corrected chi connectivity index (χ0v) is 17.2. The fourth-order valence-corrected chi connectivity index (χ4v) is 3.28. The van der Waals surface area contributed by atoms with Gasteiger partial charge in [-0.05, 0) is 19.1 Å². The minimum atomic E-state index is -4.49. The predicted molar refractivity (Wildman–Crippen MR) is 105 cm³/mol. The highest BCUT2D eigenvalue weighted by atomic mass is 19.4. The molecule has 0 fully saturated rings. The van der Waals surface area contributed by atoms with E-state index in [2.05, 4.69) is 30.2 Å². The van der Waals surface area contributed by atoms with Gasteiger partial charge in [0.25, 0.3) is 5.91 Å². The fourth-order valence-electron chi connectivity index (χ4n) is 3.28. The van der Waals surface area contributed by atoms with Crippen LogP contribution >= 0.6 is 0 Å². The van der Waals surface area contributed by atoms with Gasteiger partial charge in [0.2, 0.25) is 11.8 Å². The van der Waals surface area contributed by atoms with E-state index in [-0.39, 0.29) is 43.0 Å². The van der Waals surface area contributed by atoms with Gasteiger partial charge >= 0.3 is 6.18 Å². The number of fused-ring (bicyclic) bond motifs is 1. The average Bonchev–Trinajstić information content (AvgIpc) is 3.36. The third-order valence-corrected chi connectivity index (χ3v) is 4.72. The SMILES string of the molecule is Cc1cc(CN2Cc3c(ccnc3NC(=O)Cc3cocn3)C2=O)nnc1OCC(F)(F)F. The number of carbonyl (C=O) groups is 2. The van der Waals surface area contributed by atoms with Crippen LogP contribution < -0.4 is 10.1 Å². The normalized spacial score (nSPS) is 13.2. The van der Waals surface area contributed by atoms with Gasteiger partial charge in [0.15, 0.2) is 13.0 Å². The molecular formula is C20H17F3N6O4. The standard InChI is InChI=1S/C20H17F3N6O4/c1-11-4-12(27-28-18(11)33-9-20(21,22)23)6-29-7-15-14(19(29)31)2-3-24-17(15)26-16(30)5-13-8-32-10-25-13/h2-4,8,10H,5-7,9H2,1H3,(H,24,26,30). The first-order valence-corrected chi connectivity index (χ1v) is 9.66. The zero-order valence-electron chi connectivity index (χ0n) is 17.2. The van der Waals surface area contributed by atoms with E-state index < -0.39 is 12.8 Å². The molecule has 33 heavy (non-hydrogen) atoms. The Balaban J connectivity index is 1.44. The van der Waals surface area contributed by atoms with Crippen LogP contribution in [0.1, 0.15) is 32.9 Å². The smallest absolute Gasteiger partial charge is 0.422 e. The van der Waals surface area contributed by atoms with Crippen LogP contribution in [0.2, 0.25) is 0 Å². The Morgan fingerprint density at radius 1 is 1.27 bits per heavy atom. The minimum absolute atomic E-state index is 0.0167. The third-order valence-electron chi connectivity index (χ3n) is 4.72. The number of nitrogens with one attached hydrogen (secondary N) is 1. The number of ether oxygens (including phenoxy) is 1. The highest BCUT2D eigenvalue weighted by molar-refractivity contribution is 6.01. The molecule has 0 spiro atoms. The average molecular weight is 462 g/mol. The Hall–Kier alpha value is -4.03. The van der Waals surface area contributed by atoms with Gasteiger partial charge in [-0.3, -0.25) is 9.59 Å². The van der Waals surface area contributed by atoms with Crippen LogP contribution in [0.4, 0.5) is 19.0 Å². The lowest BCUT2D eigenvalue weighted by atomic mass is 10.1. The summed E-state index contributed by atoms with van der Waals surface area (Å²) >= 11 is 0. The molecule has 3 aromatic heterocycles. The number of aryl methyl sites for hydroxylation is 1. The molecule has 0 bridgehead atoms. The van der Waals surface area contributed by atoms with Crippen LogP contribution in [-0.2, 0) is 24.3 Å². The maximum atomic E-state index is 12.8. The molecule has 2 amide bonds. The van der Waals surface area contributed by atoms with E-state index in [0.717, 1.165) is 0 Å². The Morgan fingerprint density at radius 2 is 2.09 bits per heavy atom. The first-order chi connectivity index (χ1) is 15.7. The van der Waals surface area contributed by atoms with Crippen LogP contribution in [0.15, 0.2) is 35.4 Å². The number of halogens is 3. The second-order valence-electron chi connectivity index (χ2n) is 7.28. The van der Waals surface area contributed by atoms with Crippen molar-refractivity contribution in [3.63, 3.8) is 0 Å². The molecule has 0 radical (unpaired) electrons. The maximum absolute atomic E-state index is 12.8. The summed E-state index contributed by atoms with van der Waals surface area (Å²) in [6.07, 6.45) is -0.510. The van der Waals surface area contributed by atoms with Gasteiger partial charge in [-0.1, -0.05) is 0 Å². The monoisotopic (exact) mass is 462 g/mol. The van der Waals surface area contributed by atoms with Gasteiger partial charge in [0.05, 0.1) is 30.9 Å². The number of nitrogens with zero attached hydrogens (tertiary/aromatic N) is 5. The highest BCUT2D eigenvalue weighted by Gasteiger charge is 2.32. The first kappa shape index (κ1) is 22.2.